The molecule has 3 aromatic rings. The van der Waals surface area contributed by atoms with Gasteiger partial charge in [0, 0.05) is 29.9 Å². The molecule has 6 heteroatoms. The minimum Gasteiger partial charge on any atom is -0.358 e. The second-order valence-corrected chi connectivity index (χ2v) is 4.95. The van der Waals surface area contributed by atoms with Gasteiger partial charge >= 0.3 is 0 Å². The van der Waals surface area contributed by atoms with Gasteiger partial charge in [0.2, 0.25) is 5.95 Å². The van der Waals surface area contributed by atoms with Crippen LogP contribution < -0.4 is 5.32 Å². The molecule has 2 N–H and O–H groups in total. The molecule has 0 unspecified atom stereocenters. The Balaban J connectivity index is 0.000000753. The molecule has 1 amide bonds. The molecule has 0 radical (unpaired) electrons. The minimum atomic E-state index is -0.621. The molecule has 0 fully saturated rings. The first-order valence-electron chi connectivity index (χ1n) is 7.64. The zero-order valence-corrected chi connectivity index (χ0v) is 13.0. The quantitative estimate of drug-likeness (QED) is 0.725. The number of carbonyl (C=O) groups is 1. The van der Waals surface area contributed by atoms with Gasteiger partial charge in [-0.25, -0.2) is 9.97 Å². The fourth-order valence-electron chi connectivity index (χ4n) is 2.67. The van der Waals surface area contributed by atoms with E-state index in [-0.39, 0.29) is 5.91 Å². The van der Waals surface area contributed by atoms with Crippen molar-refractivity contribution in [3.63, 3.8) is 0 Å². The van der Waals surface area contributed by atoms with Crippen molar-refractivity contribution in [2.24, 2.45) is 0 Å². The second-order valence-electron chi connectivity index (χ2n) is 4.95. The highest BCUT2D eigenvalue weighted by atomic mass is 19.1. The first-order valence-corrected chi connectivity index (χ1v) is 7.64. The Morgan fingerprint density at radius 2 is 2.04 bits per heavy atom. The fraction of sp³-hybridized carbons (Fsp3) is 0.235. The number of carbonyl (C=O) groups excluding carboxylic acids is 1. The monoisotopic (exact) mass is 312 g/mol. The molecular weight excluding hydrogens is 295 g/mol. The molecule has 1 aliphatic heterocycles. The molecule has 3 heterocycles. The number of rotatable bonds is 1. The van der Waals surface area contributed by atoms with E-state index in [4.69, 9.17) is 0 Å². The first-order chi connectivity index (χ1) is 11.2. The molecule has 0 atom stereocenters. The number of H-pyrrole nitrogens is 1. The van der Waals surface area contributed by atoms with Crippen LogP contribution in [0.1, 0.15) is 29.9 Å². The number of hydrogen-bond acceptors (Lipinski definition) is 3. The molecule has 5 nitrogen and oxygen atoms in total. The van der Waals surface area contributed by atoms with E-state index in [1.807, 2.05) is 26.0 Å². The van der Waals surface area contributed by atoms with E-state index in [9.17, 15) is 9.18 Å². The maximum atomic E-state index is 13.4. The molecule has 0 saturated heterocycles. The summed E-state index contributed by atoms with van der Waals surface area (Å²) in [6.07, 6.45) is 1.85. The maximum Gasteiger partial charge on any atom is 0.253 e. The van der Waals surface area contributed by atoms with Crippen molar-refractivity contribution in [1.29, 1.82) is 0 Å². The lowest BCUT2D eigenvalue weighted by Crippen LogP contribution is -2.31. The molecule has 0 saturated carbocycles. The summed E-state index contributed by atoms with van der Waals surface area (Å²) in [6, 6.07) is 7.24. The summed E-state index contributed by atoms with van der Waals surface area (Å²) in [5.74, 6) is -0.708. The summed E-state index contributed by atoms with van der Waals surface area (Å²) < 4.78 is 13.4. The van der Waals surface area contributed by atoms with Crippen LogP contribution in [0.4, 0.5) is 4.39 Å². The van der Waals surface area contributed by atoms with Crippen LogP contribution in [0.2, 0.25) is 0 Å². The number of halogens is 1. The van der Waals surface area contributed by atoms with Crippen molar-refractivity contribution >= 4 is 16.9 Å². The molecule has 23 heavy (non-hydrogen) atoms. The van der Waals surface area contributed by atoms with Gasteiger partial charge in [-0.15, -0.1) is 0 Å². The maximum absolute atomic E-state index is 13.4. The lowest BCUT2D eigenvalue weighted by molar-refractivity contribution is 0.0946. The number of fused-ring (bicyclic) bond motifs is 2. The van der Waals surface area contributed by atoms with Gasteiger partial charge < -0.3 is 10.3 Å². The first kappa shape index (κ1) is 15.1. The number of amides is 1. The molecule has 2 aromatic heterocycles. The number of aromatic nitrogens is 3. The summed E-state index contributed by atoms with van der Waals surface area (Å²) in [5, 5.41) is 2.80. The van der Waals surface area contributed by atoms with Gasteiger partial charge in [0.05, 0.1) is 17.3 Å². The van der Waals surface area contributed by atoms with Crippen LogP contribution in [0.3, 0.4) is 0 Å². The van der Waals surface area contributed by atoms with Crippen molar-refractivity contribution in [2.75, 3.05) is 6.54 Å². The summed E-state index contributed by atoms with van der Waals surface area (Å²) in [7, 11) is 0. The Hall–Kier alpha value is -2.76. The predicted molar refractivity (Wildman–Crippen MR) is 86.7 cm³/mol. The highest BCUT2D eigenvalue weighted by Crippen LogP contribution is 2.28. The Morgan fingerprint density at radius 3 is 2.83 bits per heavy atom. The van der Waals surface area contributed by atoms with Gasteiger partial charge in [-0.1, -0.05) is 26.0 Å². The van der Waals surface area contributed by atoms with Crippen molar-refractivity contribution in [2.45, 2.75) is 20.3 Å². The molecular formula is C17H17FN4O. The van der Waals surface area contributed by atoms with Crippen molar-refractivity contribution < 1.29 is 9.18 Å². The van der Waals surface area contributed by atoms with E-state index >= 15 is 0 Å². The molecule has 4 rings (SSSR count). The average molecular weight is 312 g/mol. The van der Waals surface area contributed by atoms with Gasteiger partial charge in [0.25, 0.3) is 5.91 Å². The van der Waals surface area contributed by atoms with Crippen molar-refractivity contribution in [1.82, 2.24) is 20.3 Å². The lowest BCUT2D eigenvalue weighted by Gasteiger charge is -2.11. The largest absolute Gasteiger partial charge is 0.358 e. The van der Waals surface area contributed by atoms with Crippen LogP contribution in [0, 0.1) is 5.95 Å². The molecule has 0 spiro atoms. The van der Waals surface area contributed by atoms with Crippen LogP contribution in [0.25, 0.3) is 22.3 Å². The van der Waals surface area contributed by atoms with E-state index in [0.29, 0.717) is 23.1 Å². The average Bonchev–Trinajstić information content (AvgIpc) is 3.01. The fourth-order valence-corrected chi connectivity index (χ4v) is 2.67. The van der Waals surface area contributed by atoms with Crippen molar-refractivity contribution in [3.05, 3.63) is 47.7 Å². The van der Waals surface area contributed by atoms with Crippen LogP contribution in [0.15, 0.2) is 30.5 Å². The number of aromatic amines is 1. The smallest absolute Gasteiger partial charge is 0.253 e. The Bertz CT molecular complexity index is 872. The number of para-hydroxylation sites is 1. The van der Waals surface area contributed by atoms with E-state index in [2.05, 4.69) is 20.3 Å². The van der Waals surface area contributed by atoms with Gasteiger partial charge in [-0.05, 0) is 12.1 Å². The van der Waals surface area contributed by atoms with Gasteiger partial charge in [0.1, 0.15) is 5.52 Å². The van der Waals surface area contributed by atoms with Gasteiger partial charge in [-0.2, -0.15) is 4.39 Å². The van der Waals surface area contributed by atoms with Crippen LogP contribution in [-0.4, -0.2) is 27.4 Å². The normalized spacial score (nSPS) is 13.1. The minimum absolute atomic E-state index is 0.0868. The molecule has 1 aromatic carbocycles. The Morgan fingerprint density at radius 1 is 1.22 bits per heavy atom. The molecule has 118 valence electrons. The van der Waals surface area contributed by atoms with Gasteiger partial charge in [-0.3, -0.25) is 4.79 Å². The zero-order chi connectivity index (χ0) is 16.4. The Kier molecular flexibility index (Phi) is 4.06. The topological polar surface area (TPSA) is 70.7 Å². The third kappa shape index (κ3) is 2.67. The Labute approximate surface area is 133 Å². The van der Waals surface area contributed by atoms with E-state index in [0.717, 1.165) is 29.6 Å². The van der Waals surface area contributed by atoms with Gasteiger partial charge in [0.15, 0.2) is 0 Å². The van der Waals surface area contributed by atoms with Crippen molar-refractivity contribution in [3.8, 4) is 11.3 Å². The van der Waals surface area contributed by atoms with E-state index in [1.54, 1.807) is 12.1 Å². The summed E-state index contributed by atoms with van der Waals surface area (Å²) in [4.78, 5) is 23.0. The standard InChI is InChI=1S/C15H11FN4O.C2H6/c16-13-7-18-11-3-1-2-8(14(11)20-13)12-6-9-10(19-12)4-5-17-15(9)21;1-2/h1-3,6-7,19H,4-5H2,(H,17,21);1-2H3. The lowest BCUT2D eigenvalue weighted by atomic mass is 10.1. The zero-order valence-electron chi connectivity index (χ0n) is 13.0. The molecule has 0 aliphatic carbocycles. The van der Waals surface area contributed by atoms with E-state index < -0.39 is 5.95 Å². The second kappa shape index (κ2) is 6.16. The number of benzene rings is 1. The number of nitrogens with one attached hydrogen (secondary N) is 2. The number of nitrogens with zero attached hydrogens (tertiary/aromatic N) is 2. The summed E-state index contributed by atoms with van der Waals surface area (Å²) >= 11 is 0. The highest BCUT2D eigenvalue weighted by Gasteiger charge is 2.20. The summed E-state index contributed by atoms with van der Waals surface area (Å²) in [6.45, 7) is 4.62. The van der Waals surface area contributed by atoms with Crippen LogP contribution in [-0.2, 0) is 6.42 Å². The third-order valence-corrected chi connectivity index (χ3v) is 3.64. The SMILES string of the molecule is CC.O=C1NCCc2[nH]c(-c3cccc4ncc(F)nc34)cc21. The van der Waals surface area contributed by atoms with Crippen LogP contribution >= 0.6 is 0 Å². The highest BCUT2D eigenvalue weighted by molar-refractivity contribution is 5.99. The molecule has 0 bridgehead atoms. The summed E-state index contributed by atoms with van der Waals surface area (Å²) in [5.41, 5.74) is 4.12. The predicted octanol–water partition coefficient (Wildman–Crippen LogP) is 3.08. The molecule has 1 aliphatic rings. The third-order valence-electron chi connectivity index (χ3n) is 3.64. The van der Waals surface area contributed by atoms with E-state index in [1.165, 1.54) is 0 Å². The van der Waals surface area contributed by atoms with Crippen LogP contribution in [0.5, 0.6) is 0 Å². The number of hydrogen-bond donors (Lipinski definition) is 2.